The minimum atomic E-state index is 0.00132. The van der Waals surface area contributed by atoms with Gasteiger partial charge in [0.15, 0.2) is 0 Å². The molecule has 0 aromatic rings. The number of ether oxygens (including phenoxy) is 1. The summed E-state index contributed by atoms with van der Waals surface area (Å²) >= 11 is 0. The van der Waals surface area contributed by atoms with Crippen LogP contribution in [0.3, 0.4) is 0 Å². The third-order valence-corrected chi connectivity index (χ3v) is 4.94. The van der Waals surface area contributed by atoms with Crippen molar-refractivity contribution < 1.29 is 4.74 Å². The van der Waals surface area contributed by atoms with Crippen LogP contribution in [0.4, 0.5) is 0 Å². The van der Waals surface area contributed by atoms with Gasteiger partial charge in [-0.1, -0.05) is 27.2 Å². The van der Waals surface area contributed by atoms with Crippen molar-refractivity contribution in [3.8, 4) is 0 Å². The second kappa shape index (κ2) is 6.36. The van der Waals surface area contributed by atoms with Gasteiger partial charge in [-0.3, -0.25) is 4.90 Å². The van der Waals surface area contributed by atoms with Crippen LogP contribution in [0.1, 0.15) is 53.4 Å². The molecule has 1 saturated heterocycles. The van der Waals surface area contributed by atoms with Crippen LogP contribution in [0.25, 0.3) is 0 Å². The number of nitrogens with two attached hydrogens (primary N) is 1. The molecular formula is C15H32N2O. The fourth-order valence-electron chi connectivity index (χ4n) is 3.00. The van der Waals surface area contributed by atoms with Gasteiger partial charge in [0.05, 0.1) is 5.60 Å². The van der Waals surface area contributed by atoms with E-state index in [4.69, 9.17) is 10.5 Å². The van der Waals surface area contributed by atoms with Gasteiger partial charge in [0.1, 0.15) is 0 Å². The first-order valence-corrected chi connectivity index (χ1v) is 7.46. The second-order valence-corrected chi connectivity index (χ2v) is 6.40. The Morgan fingerprint density at radius 3 is 2.56 bits per heavy atom. The Morgan fingerprint density at radius 2 is 2.06 bits per heavy atom. The van der Waals surface area contributed by atoms with Gasteiger partial charge in [-0.25, -0.2) is 0 Å². The van der Waals surface area contributed by atoms with Gasteiger partial charge in [0.25, 0.3) is 0 Å². The number of hydrogen-bond donors (Lipinski definition) is 1. The zero-order valence-corrected chi connectivity index (χ0v) is 13.0. The van der Waals surface area contributed by atoms with E-state index in [2.05, 4.69) is 39.6 Å². The Balaban J connectivity index is 2.77. The molecule has 0 radical (unpaired) electrons. The molecule has 0 aromatic heterocycles. The number of hydrogen-bond acceptors (Lipinski definition) is 3. The summed E-state index contributed by atoms with van der Waals surface area (Å²) in [5.41, 5.74) is 6.27. The molecular weight excluding hydrogens is 224 g/mol. The predicted molar refractivity (Wildman–Crippen MR) is 77.8 cm³/mol. The van der Waals surface area contributed by atoms with Crippen LogP contribution in [0.15, 0.2) is 0 Å². The molecule has 0 spiro atoms. The minimum Gasteiger partial charge on any atom is -0.375 e. The highest BCUT2D eigenvalue weighted by atomic mass is 16.5. The molecule has 1 fully saturated rings. The van der Waals surface area contributed by atoms with Gasteiger partial charge in [-0.2, -0.15) is 0 Å². The molecule has 1 rings (SSSR count). The van der Waals surface area contributed by atoms with Crippen molar-refractivity contribution in [1.29, 1.82) is 0 Å². The average Bonchev–Trinajstić information content (AvgIpc) is 2.38. The van der Waals surface area contributed by atoms with Crippen molar-refractivity contribution in [2.45, 2.75) is 64.5 Å². The molecule has 3 unspecified atom stereocenters. The van der Waals surface area contributed by atoms with Crippen molar-refractivity contribution in [2.24, 2.45) is 11.7 Å². The molecule has 1 aliphatic heterocycles. The Hall–Kier alpha value is -0.120. The monoisotopic (exact) mass is 256 g/mol. The zero-order valence-electron chi connectivity index (χ0n) is 13.0. The molecule has 3 nitrogen and oxygen atoms in total. The third-order valence-electron chi connectivity index (χ3n) is 4.94. The summed E-state index contributed by atoms with van der Waals surface area (Å²) in [4.78, 5) is 2.50. The lowest BCUT2D eigenvalue weighted by Crippen LogP contribution is -2.60. The lowest BCUT2D eigenvalue weighted by atomic mass is 9.78. The normalized spacial score (nSPS) is 34.8. The van der Waals surface area contributed by atoms with E-state index in [-0.39, 0.29) is 11.1 Å². The maximum atomic E-state index is 6.13. The fraction of sp³-hybridized carbons (Fsp3) is 1.00. The molecule has 3 atom stereocenters. The molecule has 3 heteroatoms. The standard InChI is InChI=1S/C15H32N2O/c1-6-13(3)10-17(5)15(12-16)8-9-18-14(4,7-2)11-15/h13H,6-12,16H2,1-5H3. The molecule has 108 valence electrons. The zero-order chi connectivity index (χ0) is 13.8. The lowest BCUT2D eigenvalue weighted by Gasteiger charge is -2.51. The van der Waals surface area contributed by atoms with Gasteiger partial charge >= 0.3 is 0 Å². The molecule has 1 aliphatic rings. The maximum Gasteiger partial charge on any atom is 0.0670 e. The molecule has 0 saturated carbocycles. The van der Waals surface area contributed by atoms with Crippen molar-refractivity contribution in [3.63, 3.8) is 0 Å². The van der Waals surface area contributed by atoms with Crippen LogP contribution in [-0.2, 0) is 4.74 Å². The molecule has 0 aliphatic carbocycles. The largest absolute Gasteiger partial charge is 0.375 e. The summed E-state index contributed by atoms with van der Waals surface area (Å²) in [6.45, 7) is 11.7. The third kappa shape index (κ3) is 3.46. The summed E-state index contributed by atoms with van der Waals surface area (Å²) < 4.78 is 5.97. The number of nitrogens with zero attached hydrogens (tertiary/aromatic N) is 1. The van der Waals surface area contributed by atoms with Gasteiger partial charge < -0.3 is 10.5 Å². The van der Waals surface area contributed by atoms with E-state index >= 15 is 0 Å². The van der Waals surface area contributed by atoms with Crippen LogP contribution in [-0.4, -0.2) is 42.8 Å². The van der Waals surface area contributed by atoms with Crippen LogP contribution >= 0.6 is 0 Å². The van der Waals surface area contributed by atoms with Crippen molar-refractivity contribution in [1.82, 2.24) is 4.90 Å². The van der Waals surface area contributed by atoms with Gasteiger partial charge in [-0.05, 0) is 39.2 Å². The Bertz CT molecular complexity index is 259. The molecule has 0 bridgehead atoms. The highest BCUT2D eigenvalue weighted by Gasteiger charge is 2.44. The van der Waals surface area contributed by atoms with Crippen molar-refractivity contribution in [3.05, 3.63) is 0 Å². The summed E-state index contributed by atoms with van der Waals surface area (Å²) in [5.74, 6) is 0.731. The summed E-state index contributed by atoms with van der Waals surface area (Å²) in [6.07, 6.45) is 4.41. The van der Waals surface area contributed by atoms with E-state index in [0.29, 0.717) is 0 Å². The Morgan fingerprint density at radius 1 is 1.39 bits per heavy atom. The number of likely N-dealkylation sites (N-methyl/N-ethyl adjacent to an activating group) is 1. The van der Waals surface area contributed by atoms with Crippen LogP contribution in [0.2, 0.25) is 0 Å². The first kappa shape index (κ1) is 15.9. The topological polar surface area (TPSA) is 38.5 Å². The molecule has 1 heterocycles. The molecule has 0 aromatic carbocycles. The van der Waals surface area contributed by atoms with Crippen molar-refractivity contribution in [2.75, 3.05) is 26.7 Å². The number of rotatable bonds is 6. The Kier molecular flexibility index (Phi) is 5.63. The van der Waals surface area contributed by atoms with Crippen molar-refractivity contribution >= 4 is 0 Å². The highest BCUT2D eigenvalue weighted by molar-refractivity contribution is 4.99. The highest BCUT2D eigenvalue weighted by Crippen LogP contribution is 2.37. The second-order valence-electron chi connectivity index (χ2n) is 6.40. The predicted octanol–water partition coefficient (Wildman–Crippen LogP) is 2.64. The first-order valence-electron chi connectivity index (χ1n) is 7.46. The smallest absolute Gasteiger partial charge is 0.0670 e. The van der Waals surface area contributed by atoms with Gasteiger partial charge in [0.2, 0.25) is 0 Å². The average molecular weight is 256 g/mol. The van der Waals surface area contributed by atoms with Crippen LogP contribution < -0.4 is 5.73 Å². The van der Waals surface area contributed by atoms with E-state index < -0.39 is 0 Å². The molecule has 2 N–H and O–H groups in total. The lowest BCUT2D eigenvalue weighted by molar-refractivity contribution is -0.126. The summed E-state index contributed by atoms with van der Waals surface area (Å²) in [6, 6.07) is 0. The maximum absolute atomic E-state index is 6.13. The first-order chi connectivity index (χ1) is 8.41. The minimum absolute atomic E-state index is 0.00132. The van der Waals surface area contributed by atoms with E-state index in [1.807, 2.05) is 0 Å². The van der Waals surface area contributed by atoms with E-state index in [1.54, 1.807) is 0 Å². The quantitative estimate of drug-likeness (QED) is 0.794. The van der Waals surface area contributed by atoms with Crippen LogP contribution in [0, 0.1) is 5.92 Å². The summed E-state index contributed by atoms with van der Waals surface area (Å²) in [7, 11) is 2.24. The van der Waals surface area contributed by atoms with E-state index in [0.717, 1.165) is 44.9 Å². The summed E-state index contributed by atoms with van der Waals surface area (Å²) in [5, 5.41) is 0. The fourth-order valence-corrected chi connectivity index (χ4v) is 3.00. The molecule has 18 heavy (non-hydrogen) atoms. The SMILES string of the molecule is CCC(C)CN(C)C1(CN)CCOC(C)(CC)C1. The van der Waals surface area contributed by atoms with Gasteiger partial charge in [-0.15, -0.1) is 0 Å². The van der Waals surface area contributed by atoms with Gasteiger partial charge in [0, 0.05) is 25.2 Å². The van der Waals surface area contributed by atoms with Crippen LogP contribution in [0.5, 0.6) is 0 Å². The Labute approximate surface area is 113 Å². The molecule has 0 amide bonds. The van der Waals surface area contributed by atoms with E-state index in [1.165, 1.54) is 6.42 Å². The van der Waals surface area contributed by atoms with E-state index in [9.17, 15) is 0 Å².